The van der Waals surface area contributed by atoms with Crippen LogP contribution in [0.1, 0.15) is 95.1 Å². The molecule has 10 N–H and O–H groups in total. The van der Waals surface area contributed by atoms with Gasteiger partial charge in [-0.15, -0.1) is 0 Å². The van der Waals surface area contributed by atoms with Crippen molar-refractivity contribution < 1.29 is 48.0 Å². The van der Waals surface area contributed by atoms with Crippen molar-refractivity contribution in [2.45, 2.75) is 99.6 Å². The molecule has 30 heteroatoms. The third kappa shape index (κ3) is 13.3. The zero-order valence-corrected chi connectivity index (χ0v) is 50.4. The fraction of sp³-hybridized carbons (Fsp3) is 0.435. The number of methoxy groups -OCH3 is 1. The second-order valence-corrected chi connectivity index (χ2v) is 29.4. The molecule has 0 spiro atoms. The van der Waals surface area contributed by atoms with Crippen molar-refractivity contribution in [1.82, 2.24) is 9.97 Å². The Labute approximate surface area is 472 Å². The van der Waals surface area contributed by atoms with Crippen LogP contribution in [0, 0.1) is 17.5 Å². The SMILES string of the molecule is CC1(C)C(N)=N[C@](C)(c2cc(N)c(Br)cc2F)CS1(=O)=O.CC1(C)C(N)=N[C@](C)(c2cc(N)ccc2F)CS1(=O)=O.COc1cnc(C(=O)Cc2cc([C@]3(C)CS(=O)(=O)C(C)(C)C(N)=N3)c(F)cc2Br)cn1.[3H]P([3H])[3H].[B]=NS. The van der Waals surface area contributed by atoms with Gasteiger partial charge in [-0.3, -0.25) is 19.8 Å². The summed E-state index contributed by atoms with van der Waals surface area (Å²) in [5.74, 6) is -3.05. The summed E-state index contributed by atoms with van der Waals surface area (Å²) < 4.78 is 141. The van der Waals surface area contributed by atoms with Crippen LogP contribution in [-0.4, -0.2) is 109 Å². The number of hydrogen-bond donors (Lipinski definition) is 6. The number of carbonyl (C=O) groups excluding carboxylic acids is 1. The van der Waals surface area contributed by atoms with Gasteiger partial charge in [0.1, 0.15) is 71.5 Å². The molecule has 0 unspecified atom stereocenters. The first-order valence-electron chi connectivity index (χ1n) is 23.4. The molecule has 76 heavy (non-hydrogen) atoms. The van der Waals surface area contributed by atoms with E-state index in [0.29, 0.717) is 25.9 Å². The molecule has 7 rings (SSSR count). The van der Waals surface area contributed by atoms with Crippen molar-refractivity contribution in [3.63, 3.8) is 0 Å². The Bertz CT molecular complexity index is 3450. The van der Waals surface area contributed by atoms with Gasteiger partial charge in [0.05, 0.1) is 40.6 Å². The predicted molar refractivity (Wildman–Crippen MR) is 309 cm³/mol. The van der Waals surface area contributed by atoms with Crippen molar-refractivity contribution in [1.29, 1.82) is 3.84 Å². The van der Waals surface area contributed by atoms with E-state index in [-0.39, 0.29) is 69.5 Å². The summed E-state index contributed by atoms with van der Waals surface area (Å²) in [4.78, 5) is 33.5. The first kappa shape index (κ1) is 60.7. The second kappa shape index (κ2) is 23.4. The predicted octanol–water partition coefficient (Wildman–Crippen LogP) is 5.97. The van der Waals surface area contributed by atoms with Gasteiger partial charge in [0, 0.05) is 43.4 Å². The third-order valence-corrected chi connectivity index (χ3v) is 22.7. The first-order chi connectivity index (χ1) is 35.8. The number of nitrogens with two attached hydrogens (primary N) is 5. The molecule has 0 saturated heterocycles. The van der Waals surface area contributed by atoms with Crippen molar-refractivity contribution in [3.8, 4) is 5.88 Å². The number of aromatic nitrogens is 2. The number of halogens is 5. The zero-order valence-electron chi connectivity index (χ0n) is 45.9. The molecule has 3 aromatic carbocycles. The van der Waals surface area contributed by atoms with E-state index in [9.17, 15) is 43.2 Å². The summed E-state index contributed by atoms with van der Waals surface area (Å²) in [7, 11) is -6.95. The number of carbonyl (C=O) groups is 1. The number of rotatable bonds is 7. The number of amidine groups is 3. The summed E-state index contributed by atoms with van der Waals surface area (Å²) in [6, 6.07) is 9.25. The summed E-state index contributed by atoms with van der Waals surface area (Å²) in [5.41, 5.74) is 26.5. The quantitative estimate of drug-likeness (QED) is 0.0408. The molecule has 1 aromatic heterocycles. The summed E-state index contributed by atoms with van der Waals surface area (Å²) in [5, 5.41) is 0. The van der Waals surface area contributed by atoms with Gasteiger partial charge in [0.15, 0.2) is 35.3 Å². The Balaban J connectivity index is 0.000000302. The first-order valence-corrected chi connectivity index (χ1v) is 29.0. The van der Waals surface area contributed by atoms with Crippen LogP contribution in [0.2, 0.25) is 0 Å². The van der Waals surface area contributed by atoms with E-state index < -0.39 is 93.3 Å². The van der Waals surface area contributed by atoms with Gasteiger partial charge in [0.2, 0.25) is 5.88 Å². The Morgan fingerprint density at radius 3 is 1.43 bits per heavy atom. The van der Waals surface area contributed by atoms with E-state index in [1.807, 2.05) is 0 Å². The monoisotopic (exact) mass is 1290 g/mol. The van der Waals surface area contributed by atoms with Gasteiger partial charge in [0.25, 0.3) is 0 Å². The Morgan fingerprint density at radius 1 is 0.684 bits per heavy atom. The van der Waals surface area contributed by atoms with Crippen LogP contribution >= 0.6 is 54.4 Å². The van der Waals surface area contributed by atoms with Gasteiger partial charge in [-0.2, -0.15) is 9.73 Å². The molecule has 4 aromatic rings. The van der Waals surface area contributed by atoms with Gasteiger partial charge >= 0.3 is 24.8 Å². The standard InChI is InChI=1S/C20H22BrFN4O4S.C13H17BrFN3O2S.C13H18FN3O2S.BHNS.H3P/c1-19(2)18(23)26-20(3,10-31(19,28)29)12-5-11(13(21)7-14(12)22)6-16(27)15-8-25-17(30-4)9-24-15;1-12(2)11(17)18-13(3,6-21(12,19)20)7-4-10(16)8(14)5-9(7)15;1-12(2)11(16)17-13(3,7-20(12,18)19)9-6-8(15)4-5-10(9)14;1-2-3;/h5,7-9H,6,10H2,1-4H3,(H2,23,26);4-5H,6,16H2,1-3H3,(H2,17,18);4-6H,7,15H2,1-3H3,(H2,16,17);3H;1H3/t20-;2*13-;;/m000../s1/i;;;;1T3. The number of nitrogen functional groups attached to an aromatic ring is 2. The molecule has 4 heterocycles. The summed E-state index contributed by atoms with van der Waals surface area (Å²) >= 11 is 9.59. The minimum atomic E-state index is -3.71. The molecule has 0 saturated carbocycles. The van der Waals surface area contributed by atoms with Crippen molar-refractivity contribution in [2.75, 3.05) is 35.8 Å². The van der Waals surface area contributed by atoms with Crippen molar-refractivity contribution >= 4 is 126 Å². The van der Waals surface area contributed by atoms with Crippen LogP contribution < -0.4 is 33.4 Å². The van der Waals surface area contributed by atoms with Gasteiger partial charge in [-0.05, 0) is 126 Å². The van der Waals surface area contributed by atoms with E-state index in [0.717, 1.165) is 0 Å². The Hall–Kier alpha value is -4.54. The number of anilines is 2. The average molecular weight is 1290 g/mol. The van der Waals surface area contributed by atoms with E-state index in [4.69, 9.17) is 37.2 Å². The van der Waals surface area contributed by atoms with E-state index in [2.05, 4.69) is 81.6 Å². The van der Waals surface area contributed by atoms with Crippen LogP contribution in [0.5, 0.6) is 5.88 Å². The maximum absolute atomic E-state index is 14.9. The molecule has 3 atom stereocenters. The fourth-order valence-corrected chi connectivity index (χ4v) is 13.6. The molecule has 0 aliphatic carbocycles. The number of ether oxygens (including phenoxy) is 1. The average Bonchev–Trinajstić information content (AvgIpc) is 3.30. The molecule has 0 amide bonds. The summed E-state index contributed by atoms with van der Waals surface area (Å²) in [6.45, 7) is 13.5. The van der Waals surface area contributed by atoms with Gasteiger partial charge < -0.3 is 33.4 Å². The minimum absolute atomic E-state index is 0.0203. The van der Waals surface area contributed by atoms with Crippen LogP contribution in [0.25, 0.3) is 0 Å². The van der Waals surface area contributed by atoms with Gasteiger partial charge in [-0.25, -0.2) is 48.4 Å². The molecule has 415 valence electrons. The molecular formula is C46H61BBr2F3N11O8PS4. The number of nitrogens with zero attached hydrogens (tertiary/aromatic N) is 6. The van der Waals surface area contributed by atoms with Crippen LogP contribution in [0.3, 0.4) is 0 Å². The van der Waals surface area contributed by atoms with E-state index >= 15 is 0 Å². The third-order valence-electron chi connectivity index (χ3n) is 13.1. The number of thiol groups is 1. The van der Waals surface area contributed by atoms with E-state index in [1.54, 1.807) is 13.8 Å². The number of benzene rings is 3. The maximum atomic E-state index is 14.9. The number of Topliss-reactive ketones (excluding diaryl/α,β-unsaturated/α-hetero) is 1. The Morgan fingerprint density at radius 2 is 1.07 bits per heavy atom. The number of sulfone groups is 3. The zero-order chi connectivity index (χ0) is 61.0. The summed E-state index contributed by atoms with van der Waals surface area (Å²) in [6.07, 6.45) is 2.51. The molecule has 19 nitrogen and oxygen atoms in total. The molecule has 3 aliphatic rings. The Kier molecular flexibility index (Phi) is 18.7. The molecule has 0 fully saturated rings. The number of aliphatic imine (C=N–C) groups is 3. The molecule has 1 radical (unpaired) electrons. The van der Waals surface area contributed by atoms with Crippen LogP contribution in [0.15, 0.2) is 83.1 Å². The number of hydrogen-bond acceptors (Lipinski definition) is 20. The normalized spacial score (nSPS) is 24.5. The van der Waals surface area contributed by atoms with E-state index in [1.165, 1.54) is 110 Å². The van der Waals surface area contributed by atoms with Crippen molar-refractivity contribution in [3.05, 3.63) is 109 Å². The van der Waals surface area contributed by atoms with Crippen LogP contribution in [0.4, 0.5) is 24.5 Å². The fourth-order valence-electron chi connectivity index (χ4n) is 7.75. The topological polar surface area (TPSA) is 334 Å². The number of ketones is 1. The van der Waals surface area contributed by atoms with Gasteiger partial charge in [-0.1, -0.05) is 15.9 Å². The van der Waals surface area contributed by atoms with Crippen LogP contribution in [-0.2, 0) is 52.5 Å². The molecular weight excluding hydrogens is 1220 g/mol. The van der Waals surface area contributed by atoms with Crippen molar-refractivity contribution in [2.24, 2.45) is 36.5 Å². The molecule has 3 aliphatic heterocycles. The molecule has 0 bridgehead atoms. The second-order valence-electron chi connectivity index (χ2n) is 19.8.